The molecule has 40 heavy (non-hydrogen) atoms. The normalized spacial score (nSPS) is 19.6. The zero-order valence-corrected chi connectivity index (χ0v) is 22.6. The van der Waals surface area contributed by atoms with Crippen LogP contribution in [0.3, 0.4) is 0 Å². The van der Waals surface area contributed by atoms with Crippen molar-refractivity contribution in [1.29, 1.82) is 0 Å². The summed E-state index contributed by atoms with van der Waals surface area (Å²) in [7, 11) is 2.02. The molecule has 1 saturated heterocycles. The predicted octanol–water partition coefficient (Wildman–Crippen LogP) is 5.08. The zero-order valence-electron chi connectivity index (χ0n) is 22.6. The topological polar surface area (TPSA) is 90.6 Å². The van der Waals surface area contributed by atoms with Crippen molar-refractivity contribution in [3.05, 3.63) is 70.0 Å². The van der Waals surface area contributed by atoms with Crippen molar-refractivity contribution in [3.8, 4) is 17.0 Å². The summed E-state index contributed by atoms with van der Waals surface area (Å²) in [4.78, 5) is 35.7. The molecule has 3 heterocycles. The van der Waals surface area contributed by atoms with Gasteiger partial charge in [-0.2, -0.15) is 0 Å². The number of piperazine rings is 1. The van der Waals surface area contributed by atoms with E-state index in [1.54, 1.807) is 12.1 Å². The van der Waals surface area contributed by atoms with Crippen LogP contribution >= 0.6 is 0 Å². The summed E-state index contributed by atoms with van der Waals surface area (Å²) in [6.45, 7) is 5.84. The van der Waals surface area contributed by atoms with E-state index in [1.807, 2.05) is 11.9 Å². The van der Waals surface area contributed by atoms with Gasteiger partial charge in [0.1, 0.15) is 5.82 Å². The first-order valence-corrected chi connectivity index (χ1v) is 13.3. The molecule has 2 aromatic heterocycles. The number of pyridine rings is 2. The van der Waals surface area contributed by atoms with E-state index < -0.39 is 29.3 Å². The Morgan fingerprint density at radius 2 is 1.90 bits per heavy atom. The van der Waals surface area contributed by atoms with Crippen molar-refractivity contribution < 1.29 is 22.7 Å². The van der Waals surface area contributed by atoms with E-state index in [0.29, 0.717) is 48.8 Å². The minimum Gasteiger partial charge on any atom is -0.477 e. The van der Waals surface area contributed by atoms with E-state index in [1.165, 1.54) is 18.3 Å². The number of hydrogen-bond acceptors (Lipinski definition) is 6. The van der Waals surface area contributed by atoms with Crippen LogP contribution in [0.1, 0.15) is 49.0 Å². The maximum atomic E-state index is 15.6. The quantitative estimate of drug-likeness (QED) is 0.403. The third kappa shape index (κ3) is 5.99. The van der Waals surface area contributed by atoms with Crippen molar-refractivity contribution in [2.75, 3.05) is 37.0 Å². The third-order valence-electron chi connectivity index (χ3n) is 7.68. The van der Waals surface area contributed by atoms with Crippen LogP contribution in [-0.4, -0.2) is 59.6 Å². The zero-order chi connectivity index (χ0) is 28.6. The average molecular weight is 556 g/mol. The number of rotatable bonds is 8. The Hall–Kier alpha value is -3.86. The van der Waals surface area contributed by atoms with Crippen molar-refractivity contribution >= 4 is 17.3 Å². The molecule has 0 unspecified atom stereocenters. The fraction of sp³-hybridized carbons (Fsp3) is 0.414. The minimum absolute atomic E-state index is 0.145. The van der Waals surface area contributed by atoms with Gasteiger partial charge in [-0.15, -0.1) is 0 Å². The fourth-order valence-electron chi connectivity index (χ4n) is 4.91. The molecule has 2 fully saturated rings. The highest BCUT2D eigenvalue weighted by atomic mass is 19.3. The first kappa shape index (κ1) is 27.7. The molecule has 2 aliphatic rings. The van der Waals surface area contributed by atoms with Gasteiger partial charge >= 0.3 is 0 Å². The highest BCUT2D eigenvalue weighted by Crippen LogP contribution is 2.37. The van der Waals surface area contributed by atoms with Gasteiger partial charge in [0, 0.05) is 66.4 Å². The van der Waals surface area contributed by atoms with Crippen LogP contribution in [-0.2, 0) is 0 Å². The summed E-state index contributed by atoms with van der Waals surface area (Å²) < 4.78 is 48.6. The number of nitrogens with zero attached hydrogens (tertiary/aromatic N) is 3. The number of aromatic amines is 1. The molecule has 0 radical (unpaired) electrons. The number of likely N-dealkylation sites (N-methyl/N-ethyl adjacent to an activating group) is 1. The van der Waals surface area contributed by atoms with E-state index in [-0.39, 0.29) is 28.9 Å². The van der Waals surface area contributed by atoms with Gasteiger partial charge in [-0.05, 0) is 57.9 Å². The molecule has 0 bridgehead atoms. The Balaban J connectivity index is 1.51. The van der Waals surface area contributed by atoms with Crippen LogP contribution in [0.4, 0.5) is 24.5 Å². The van der Waals surface area contributed by atoms with Crippen molar-refractivity contribution in [3.63, 3.8) is 0 Å². The SMILES string of the molecule is C[C@@H]1CN(c2cc(F)c(-c3ccc(OCC4CC4)nc3)cc2NC(=O)c2c[nH]c(=O)cc2C(F)F)C[C@H](C)N1C. The van der Waals surface area contributed by atoms with E-state index in [0.717, 1.165) is 19.0 Å². The fourth-order valence-corrected chi connectivity index (χ4v) is 4.91. The maximum absolute atomic E-state index is 15.6. The molecule has 1 amide bonds. The van der Waals surface area contributed by atoms with Crippen LogP contribution in [0.15, 0.2) is 47.5 Å². The molecular formula is C29H32F3N5O3. The number of carbonyl (C=O) groups excluding carboxylic acids is 1. The third-order valence-corrected chi connectivity index (χ3v) is 7.68. The van der Waals surface area contributed by atoms with Gasteiger partial charge in [0.15, 0.2) is 0 Å². The highest BCUT2D eigenvalue weighted by molar-refractivity contribution is 6.07. The Bertz CT molecular complexity index is 1430. The van der Waals surface area contributed by atoms with Gasteiger partial charge in [0.05, 0.1) is 23.5 Å². The van der Waals surface area contributed by atoms with Crippen molar-refractivity contribution in [2.45, 2.75) is 45.2 Å². The Morgan fingerprint density at radius 3 is 2.52 bits per heavy atom. The number of halogens is 3. The molecule has 1 saturated carbocycles. The smallest absolute Gasteiger partial charge is 0.264 e. The molecule has 1 aliphatic carbocycles. The lowest BCUT2D eigenvalue weighted by Crippen LogP contribution is -2.55. The molecule has 2 atom stereocenters. The second kappa shape index (κ2) is 11.3. The minimum atomic E-state index is -3.03. The molecule has 3 aromatic rings. The monoisotopic (exact) mass is 555 g/mol. The van der Waals surface area contributed by atoms with Gasteiger partial charge in [-0.25, -0.2) is 18.2 Å². The largest absolute Gasteiger partial charge is 0.477 e. The maximum Gasteiger partial charge on any atom is 0.264 e. The Kier molecular flexibility index (Phi) is 7.84. The number of ether oxygens (including phenoxy) is 1. The van der Waals surface area contributed by atoms with E-state index in [2.05, 4.69) is 34.0 Å². The van der Waals surface area contributed by atoms with Crippen LogP contribution in [0.5, 0.6) is 5.88 Å². The standard InChI is InChI=1S/C29H32F3N5O3/c1-16-13-37(14-17(2)36(16)3)25-10-23(30)20(19-6-7-27(34-11-19)40-15-18-4-5-18)8-24(25)35-29(39)22-12-33-26(38)9-21(22)28(31)32/h6-12,16-18,28H,4-5,13-15H2,1-3H3,(H,33,38)(H,35,39)/t16-,17+. The second-order valence-corrected chi connectivity index (χ2v) is 10.7. The number of amides is 1. The molecule has 8 nitrogen and oxygen atoms in total. The molecule has 212 valence electrons. The number of anilines is 2. The van der Waals surface area contributed by atoms with Crippen LogP contribution in [0.25, 0.3) is 11.1 Å². The molecule has 5 rings (SSSR count). The summed E-state index contributed by atoms with van der Waals surface area (Å²) in [5, 5.41) is 2.71. The number of alkyl halides is 2. The van der Waals surface area contributed by atoms with E-state index in [9.17, 15) is 18.4 Å². The molecule has 2 N–H and O–H groups in total. The van der Waals surface area contributed by atoms with Crippen LogP contribution < -0.4 is 20.5 Å². The number of aromatic nitrogens is 2. The van der Waals surface area contributed by atoms with E-state index in [4.69, 9.17) is 4.74 Å². The lowest BCUT2D eigenvalue weighted by atomic mass is 10.0. The molecule has 1 aromatic carbocycles. The van der Waals surface area contributed by atoms with Crippen molar-refractivity contribution in [1.82, 2.24) is 14.9 Å². The van der Waals surface area contributed by atoms with Gasteiger partial charge in [0.25, 0.3) is 12.3 Å². The lowest BCUT2D eigenvalue weighted by molar-refractivity contribution is 0.101. The number of nitrogens with one attached hydrogen (secondary N) is 2. The predicted molar refractivity (Wildman–Crippen MR) is 147 cm³/mol. The second-order valence-electron chi connectivity index (χ2n) is 10.7. The lowest BCUT2D eigenvalue weighted by Gasteiger charge is -2.44. The molecule has 0 spiro atoms. The summed E-state index contributed by atoms with van der Waals surface area (Å²) >= 11 is 0. The molecule has 11 heteroatoms. The number of benzene rings is 1. The average Bonchev–Trinajstić information content (AvgIpc) is 3.76. The number of carbonyl (C=O) groups is 1. The summed E-state index contributed by atoms with van der Waals surface area (Å²) in [6.07, 6.45) is 1.73. The molecule has 1 aliphatic heterocycles. The van der Waals surface area contributed by atoms with Crippen LogP contribution in [0.2, 0.25) is 0 Å². The van der Waals surface area contributed by atoms with E-state index >= 15 is 4.39 Å². The van der Waals surface area contributed by atoms with Crippen molar-refractivity contribution in [2.24, 2.45) is 5.92 Å². The summed E-state index contributed by atoms with van der Waals surface area (Å²) in [5.41, 5.74) is -0.452. The van der Waals surface area contributed by atoms with Crippen LogP contribution in [0, 0.1) is 11.7 Å². The first-order chi connectivity index (χ1) is 19.1. The van der Waals surface area contributed by atoms with Gasteiger partial charge in [-0.1, -0.05) is 0 Å². The van der Waals surface area contributed by atoms with Gasteiger partial charge < -0.3 is 19.9 Å². The van der Waals surface area contributed by atoms with Gasteiger partial charge in [-0.3, -0.25) is 14.5 Å². The van der Waals surface area contributed by atoms with Gasteiger partial charge in [0.2, 0.25) is 11.4 Å². The Morgan fingerprint density at radius 1 is 1.18 bits per heavy atom. The number of hydrogen-bond donors (Lipinski definition) is 2. The Labute approximate surface area is 230 Å². The first-order valence-electron chi connectivity index (χ1n) is 13.3. The highest BCUT2D eigenvalue weighted by Gasteiger charge is 2.30. The summed E-state index contributed by atoms with van der Waals surface area (Å²) in [5.74, 6) is -0.356. The molecular weight excluding hydrogens is 523 g/mol. The summed E-state index contributed by atoms with van der Waals surface area (Å²) in [6, 6.07) is 7.20. The number of H-pyrrole nitrogens is 1.